The van der Waals surface area contributed by atoms with Crippen molar-refractivity contribution < 1.29 is 27.5 Å². The van der Waals surface area contributed by atoms with E-state index < -0.39 is 28.4 Å². The van der Waals surface area contributed by atoms with Gasteiger partial charge in [-0.15, -0.1) is 11.3 Å². The molecule has 0 amide bonds. The van der Waals surface area contributed by atoms with Gasteiger partial charge in [0.15, 0.2) is 6.61 Å². The molecule has 0 spiro atoms. The molecule has 152 valence electrons. The van der Waals surface area contributed by atoms with E-state index in [2.05, 4.69) is 0 Å². The topological polar surface area (TPSA) is 90.0 Å². The van der Waals surface area contributed by atoms with Gasteiger partial charge in [0.05, 0.1) is 21.9 Å². The van der Waals surface area contributed by atoms with Crippen LogP contribution < -0.4 is 4.74 Å². The van der Waals surface area contributed by atoms with Crippen molar-refractivity contribution in [2.24, 2.45) is 0 Å². The van der Waals surface area contributed by atoms with E-state index in [1.165, 1.54) is 29.6 Å². The molecule has 0 N–H and O–H groups in total. The molecule has 0 aliphatic heterocycles. The van der Waals surface area contributed by atoms with Crippen molar-refractivity contribution in [3.63, 3.8) is 0 Å². The van der Waals surface area contributed by atoms with Gasteiger partial charge >= 0.3 is 5.97 Å². The van der Waals surface area contributed by atoms with Gasteiger partial charge in [-0.05, 0) is 30.3 Å². The Morgan fingerprint density at radius 2 is 1.82 bits per heavy atom. The van der Waals surface area contributed by atoms with Gasteiger partial charge in [0.25, 0.3) is 0 Å². The lowest BCUT2D eigenvalue weighted by atomic mass is 10.2. The first-order chi connectivity index (χ1) is 13.2. The van der Waals surface area contributed by atoms with Crippen LogP contribution in [-0.4, -0.2) is 51.3 Å². The van der Waals surface area contributed by atoms with Crippen molar-refractivity contribution in [2.75, 3.05) is 26.8 Å². The summed E-state index contributed by atoms with van der Waals surface area (Å²) in [5.41, 5.74) is 0.00328. The molecule has 1 aromatic heterocycles. The summed E-state index contributed by atoms with van der Waals surface area (Å²) >= 11 is 6.87. The number of nitrogens with zero attached hydrogens (tertiary/aromatic N) is 1. The maximum absolute atomic E-state index is 12.8. The number of esters is 1. The van der Waals surface area contributed by atoms with Crippen LogP contribution in [0.25, 0.3) is 0 Å². The second kappa shape index (κ2) is 9.51. The lowest BCUT2D eigenvalue weighted by Crippen LogP contribution is -2.31. The van der Waals surface area contributed by atoms with Crippen LogP contribution in [0.4, 0.5) is 0 Å². The van der Waals surface area contributed by atoms with Gasteiger partial charge in [-0.25, -0.2) is 13.2 Å². The molecule has 1 heterocycles. The van der Waals surface area contributed by atoms with E-state index in [9.17, 15) is 18.0 Å². The number of methoxy groups -OCH3 is 1. The fourth-order valence-corrected chi connectivity index (χ4v) is 5.06. The van der Waals surface area contributed by atoms with Crippen LogP contribution in [0.1, 0.15) is 33.9 Å². The summed E-state index contributed by atoms with van der Waals surface area (Å²) in [5, 5.41) is 0. The van der Waals surface area contributed by atoms with E-state index in [4.69, 9.17) is 21.1 Å². The van der Waals surface area contributed by atoms with Crippen LogP contribution in [0, 0.1) is 0 Å². The molecule has 0 aliphatic rings. The second-order valence-electron chi connectivity index (χ2n) is 5.56. The van der Waals surface area contributed by atoms with Crippen LogP contribution in [0.15, 0.2) is 35.2 Å². The molecule has 0 aliphatic carbocycles. The van der Waals surface area contributed by atoms with E-state index in [1.807, 2.05) is 0 Å². The van der Waals surface area contributed by atoms with Gasteiger partial charge in [-0.3, -0.25) is 4.79 Å². The van der Waals surface area contributed by atoms with E-state index in [1.54, 1.807) is 26.0 Å². The SMILES string of the molecule is CCN(CC)S(=O)(=O)c1cc(C(=O)OCC(=O)c2ccc(Cl)s2)ccc1OC. The first kappa shape index (κ1) is 22.4. The largest absolute Gasteiger partial charge is 0.495 e. The molecular formula is C18H20ClNO6S2. The summed E-state index contributed by atoms with van der Waals surface area (Å²) in [6.07, 6.45) is 0. The number of thiophene rings is 1. The van der Waals surface area contributed by atoms with Crippen molar-refractivity contribution in [1.82, 2.24) is 4.31 Å². The first-order valence-corrected chi connectivity index (χ1v) is 11.0. The van der Waals surface area contributed by atoms with Gasteiger partial charge in [-0.1, -0.05) is 25.4 Å². The number of halogens is 1. The normalized spacial score (nSPS) is 11.5. The number of carbonyl (C=O) groups excluding carboxylic acids is 2. The molecule has 2 rings (SSSR count). The smallest absolute Gasteiger partial charge is 0.338 e. The zero-order valence-electron chi connectivity index (χ0n) is 15.6. The summed E-state index contributed by atoms with van der Waals surface area (Å²) in [4.78, 5) is 24.6. The zero-order valence-corrected chi connectivity index (χ0v) is 18.0. The highest BCUT2D eigenvalue weighted by molar-refractivity contribution is 7.89. The van der Waals surface area contributed by atoms with Crippen LogP contribution in [0.3, 0.4) is 0 Å². The Bertz CT molecular complexity index is 966. The summed E-state index contributed by atoms with van der Waals surface area (Å²) in [6, 6.07) is 7.09. The monoisotopic (exact) mass is 445 g/mol. The number of rotatable bonds is 9. The third-order valence-electron chi connectivity index (χ3n) is 3.90. The number of hydrogen-bond acceptors (Lipinski definition) is 7. The Kier molecular flexibility index (Phi) is 7.59. The third-order valence-corrected chi connectivity index (χ3v) is 7.25. The van der Waals surface area contributed by atoms with E-state index in [0.29, 0.717) is 9.21 Å². The molecular weight excluding hydrogens is 426 g/mol. The van der Waals surface area contributed by atoms with Crippen LogP contribution >= 0.6 is 22.9 Å². The van der Waals surface area contributed by atoms with Gasteiger partial charge < -0.3 is 9.47 Å². The molecule has 0 saturated heterocycles. The number of ether oxygens (including phenoxy) is 2. The molecule has 0 fully saturated rings. The number of ketones is 1. The molecule has 0 radical (unpaired) electrons. The zero-order chi connectivity index (χ0) is 20.9. The minimum atomic E-state index is -3.85. The van der Waals surface area contributed by atoms with E-state index >= 15 is 0 Å². The van der Waals surface area contributed by atoms with Crippen LogP contribution in [0.2, 0.25) is 4.34 Å². The average Bonchev–Trinajstić information content (AvgIpc) is 3.12. The molecule has 28 heavy (non-hydrogen) atoms. The highest BCUT2D eigenvalue weighted by atomic mass is 35.5. The predicted molar refractivity (Wildman–Crippen MR) is 107 cm³/mol. The van der Waals surface area contributed by atoms with Gasteiger partial charge in [0, 0.05) is 13.1 Å². The average molecular weight is 446 g/mol. The van der Waals surface area contributed by atoms with E-state index in [-0.39, 0.29) is 29.3 Å². The Balaban J connectivity index is 2.24. The second-order valence-corrected chi connectivity index (χ2v) is 9.18. The first-order valence-electron chi connectivity index (χ1n) is 8.38. The standard InChI is InChI=1S/C18H20ClNO6S2/c1-4-20(5-2)28(23,24)16-10-12(6-7-14(16)25-3)18(22)26-11-13(21)15-8-9-17(19)27-15/h6-10H,4-5,11H2,1-3H3. The quantitative estimate of drug-likeness (QED) is 0.433. The lowest BCUT2D eigenvalue weighted by molar-refractivity contribution is 0.0475. The molecule has 0 unspecified atom stereocenters. The molecule has 0 saturated carbocycles. The van der Waals surface area contributed by atoms with Crippen molar-refractivity contribution in [3.8, 4) is 5.75 Å². The Morgan fingerprint density at radius 1 is 1.14 bits per heavy atom. The molecule has 1 aromatic carbocycles. The van der Waals surface area contributed by atoms with Crippen molar-refractivity contribution in [1.29, 1.82) is 0 Å². The fraction of sp³-hybridized carbons (Fsp3) is 0.333. The Morgan fingerprint density at radius 3 is 2.36 bits per heavy atom. The van der Waals surface area contributed by atoms with Crippen LogP contribution in [0.5, 0.6) is 5.75 Å². The summed E-state index contributed by atoms with van der Waals surface area (Å²) < 4.78 is 37.5. The maximum atomic E-state index is 12.8. The summed E-state index contributed by atoms with van der Waals surface area (Å²) in [7, 11) is -2.50. The molecule has 10 heteroatoms. The lowest BCUT2D eigenvalue weighted by Gasteiger charge is -2.20. The van der Waals surface area contributed by atoms with Gasteiger partial charge in [0.1, 0.15) is 10.6 Å². The molecule has 7 nitrogen and oxygen atoms in total. The summed E-state index contributed by atoms with van der Waals surface area (Å²) in [5.74, 6) is -1.09. The maximum Gasteiger partial charge on any atom is 0.338 e. The number of carbonyl (C=O) groups is 2. The molecule has 0 atom stereocenters. The minimum absolute atomic E-state index is 0.00328. The molecule has 2 aromatic rings. The van der Waals surface area contributed by atoms with Crippen molar-refractivity contribution in [2.45, 2.75) is 18.7 Å². The Hall–Kier alpha value is -1.94. The fourth-order valence-electron chi connectivity index (χ4n) is 2.46. The number of sulfonamides is 1. The van der Waals surface area contributed by atoms with Crippen LogP contribution in [-0.2, 0) is 14.8 Å². The highest BCUT2D eigenvalue weighted by Crippen LogP contribution is 2.28. The van der Waals surface area contributed by atoms with Crippen molar-refractivity contribution in [3.05, 3.63) is 45.1 Å². The Labute approximate surface area is 172 Å². The summed E-state index contributed by atoms with van der Waals surface area (Å²) in [6.45, 7) is 3.51. The van der Waals surface area contributed by atoms with E-state index in [0.717, 1.165) is 11.3 Å². The number of Topliss-reactive ketones (excluding diaryl/α,β-unsaturated/α-hetero) is 1. The van der Waals surface area contributed by atoms with Gasteiger partial charge in [0.2, 0.25) is 15.8 Å². The van der Waals surface area contributed by atoms with Crippen molar-refractivity contribution >= 4 is 44.7 Å². The highest BCUT2D eigenvalue weighted by Gasteiger charge is 2.27. The number of hydrogen-bond donors (Lipinski definition) is 0. The van der Waals surface area contributed by atoms with Gasteiger partial charge in [-0.2, -0.15) is 4.31 Å². The number of benzene rings is 1. The third kappa shape index (κ3) is 4.91. The minimum Gasteiger partial charge on any atom is -0.495 e. The predicted octanol–water partition coefficient (Wildman–Crippen LogP) is 3.48. The molecule has 0 bridgehead atoms.